The van der Waals surface area contributed by atoms with Gasteiger partial charge in [0, 0.05) is 55.0 Å². The molecule has 1 aliphatic heterocycles. The highest BCUT2D eigenvalue weighted by Gasteiger charge is 2.23. The zero-order valence-corrected chi connectivity index (χ0v) is 17.7. The van der Waals surface area contributed by atoms with Crippen molar-refractivity contribution in [1.82, 2.24) is 9.29 Å². The maximum atomic E-state index is 12.7. The van der Waals surface area contributed by atoms with E-state index in [1.165, 1.54) is 28.3 Å². The molecule has 0 radical (unpaired) electrons. The number of aryl methyl sites for hydroxylation is 2. The number of aromatic nitrogens is 1. The minimum atomic E-state index is -3.49. The van der Waals surface area contributed by atoms with E-state index in [4.69, 9.17) is 0 Å². The Morgan fingerprint density at radius 1 is 0.964 bits per heavy atom. The summed E-state index contributed by atoms with van der Waals surface area (Å²) >= 11 is 0. The SMILES string of the molecule is Cc1cc2cc(-c3cc(S(=O)(=O)N(C)C)ccc3N3CCCC3)[nH]c2cc1C. The van der Waals surface area contributed by atoms with Crippen LogP contribution in [0, 0.1) is 13.8 Å². The van der Waals surface area contributed by atoms with Crippen LogP contribution in [0.15, 0.2) is 41.3 Å². The molecule has 5 nitrogen and oxygen atoms in total. The Balaban J connectivity index is 1.92. The van der Waals surface area contributed by atoms with Crippen LogP contribution in [-0.4, -0.2) is 44.9 Å². The zero-order valence-electron chi connectivity index (χ0n) is 16.9. The maximum absolute atomic E-state index is 12.7. The first kappa shape index (κ1) is 19.0. The maximum Gasteiger partial charge on any atom is 0.242 e. The van der Waals surface area contributed by atoms with E-state index in [9.17, 15) is 8.42 Å². The van der Waals surface area contributed by atoms with Gasteiger partial charge in [0.1, 0.15) is 0 Å². The minimum Gasteiger partial charge on any atom is -0.371 e. The van der Waals surface area contributed by atoms with Crippen molar-refractivity contribution in [2.24, 2.45) is 0 Å². The monoisotopic (exact) mass is 397 g/mol. The van der Waals surface area contributed by atoms with Crippen LogP contribution >= 0.6 is 0 Å². The molecule has 1 aromatic heterocycles. The first-order valence-electron chi connectivity index (χ1n) is 9.69. The number of benzene rings is 2. The second kappa shape index (κ2) is 6.94. The van der Waals surface area contributed by atoms with Gasteiger partial charge in [-0.25, -0.2) is 12.7 Å². The number of fused-ring (bicyclic) bond motifs is 1. The smallest absolute Gasteiger partial charge is 0.242 e. The molecule has 1 fully saturated rings. The largest absolute Gasteiger partial charge is 0.371 e. The van der Waals surface area contributed by atoms with Gasteiger partial charge in [0.25, 0.3) is 0 Å². The summed E-state index contributed by atoms with van der Waals surface area (Å²) in [6, 6.07) is 12.0. The molecule has 4 rings (SSSR count). The van der Waals surface area contributed by atoms with E-state index >= 15 is 0 Å². The lowest BCUT2D eigenvalue weighted by molar-refractivity contribution is 0.521. The van der Waals surface area contributed by atoms with E-state index in [1.807, 2.05) is 12.1 Å². The van der Waals surface area contributed by atoms with E-state index in [0.29, 0.717) is 4.90 Å². The Bertz CT molecular complexity index is 1100. The third-order valence-electron chi connectivity index (χ3n) is 5.72. The molecular weight excluding hydrogens is 370 g/mol. The summed E-state index contributed by atoms with van der Waals surface area (Å²) in [4.78, 5) is 6.19. The topological polar surface area (TPSA) is 56.4 Å². The lowest BCUT2D eigenvalue weighted by atomic mass is 10.1. The molecule has 148 valence electrons. The molecule has 1 aliphatic rings. The lowest BCUT2D eigenvalue weighted by Gasteiger charge is -2.22. The van der Waals surface area contributed by atoms with Crippen molar-refractivity contribution in [2.45, 2.75) is 31.6 Å². The molecule has 0 aliphatic carbocycles. The number of nitrogens with one attached hydrogen (secondary N) is 1. The van der Waals surface area contributed by atoms with Crippen molar-refractivity contribution < 1.29 is 8.42 Å². The van der Waals surface area contributed by atoms with Gasteiger partial charge in [0.15, 0.2) is 0 Å². The fourth-order valence-corrected chi connectivity index (χ4v) is 4.81. The number of hydrogen-bond donors (Lipinski definition) is 1. The van der Waals surface area contributed by atoms with Crippen molar-refractivity contribution in [1.29, 1.82) is 0 Å². The lowest BCUT2D eigenvalue weighted by Crippen LogP contribution is -2.23. The number of aromatic amines is 1. The van der Waals surface area contributed by atoms with Gasteiger partial charge in [-0.2, -0.15) is 0 Å². The highest BCUT2D eigenvalue weighted by molar-refractivity contribution is 7.89. The third kappa shape index (κ3) is 3.20. The highest BCUT2D eigenvalue weighted by Crippen LogP contribution is 2.36. The summed E-state index contributed by atoms with van der Waals surface area (Å²) < 4.78 is 26.7. The Kier molecular flexibility index (Phi) is 4.71. The standard InChI is InChI=1S/C22H27N3O2S/c1-15-11-17-13-21(23-20(17)12-16(15)2)19-14-18(28(26,27)24(3)4)7-8-22(19)25-9-5-6-10-25/h7-8,11-14,23H,5-6,9-10H2,1-4H3. The van der Waals surface area contributed by atoms with E-state index in [2.05, 4.69) is 41.9 Å². The average molecular weight is 398 g/mol. The molecule has 0 amide bonds. The highest BCUT2D eigenvalue weighted by atomic mass is 32.2. The number of rotatable bonds is 4. The van der Waals surface area contributed by atoms with Crippen molar-refractivity contribution in [3.63, 3.8) is 0 Å². The quantitative estimate of drug-likeness (QED) is 0.714. The molecule has 28 heavy (non-hydrogen) atoms. The van der Waals surface area contributed by atoms with Gasteiger partial charge in [-0.05, 0) is 74.2 Å². The third-order valence-corrected chi connectivity index (χ3v) is 7.53. The normalized spacial score (nSPS) is 15.1. The van der Waals surface area contributed by atoms with Crippen LogP contribution < -0.4 is 4.90 Å². The molecule has 0 saturated carbocycles. The second-order valence-corrected chi connectivity index (χ2v) is 10.0. The van der Waals surface area contributed by atoms with E-state index < -0.39 is 10.0 Å². The predicted octanol–water partition coefficient (Wildman–Crippen LogP) is 4.30. The van der Waals surface area contributed by atoms with E-state index in [1.54, 1.807) is 20.2 Å². The Hall–Kier alpha value is -2.31. The molecule has 0 unspecified atom stereocenters. The fraction of sp³-hybridized carbons (Fsp3) is 0.364. The van der Waals surface area contributed by atoms with Gasteiger partial charge in [-0.3, -0.25) is 0 Å². The van der Waals surface area contributed by atoms with Crippen LogP contribution in [-0.2, 0) is 10.0 Å². The first-order chi connectivity index (χ1) is 13.3. The number of H-pyrrole nitrogens is 1. The zero-order chi connectivity index (χ0) is 20.1. The summed E-state index contributed by atoms with van der Waals surface area (Å²) in [5, 5.41) is 1.14. The van der Waals surface area contributed by atoms with Gasteiger partial charge in [-0.15, -0.1) is 0 Å². The first-order valence-corrected chi connectivity index (χ1v) is 11.1. The summed E-state index contributed by atoms with van der Waals surface area (Å²) in [5.74, 6) is 0. The molecule has 6 heteroatoms. The molecular formula is C22H27N3O2S. The van der Waals surface area contributed by atoms with Crippen LogP contribution in [0.1, 0.15) is 24.0 Å². The van der Waals surface area contributed by atoms with Crippen LogP contribution in [0.2, 0.25) is 0 Å². The summed E-state index contributed by atoms with van der Waals surface area (Å²) in [5.41, 5.74) is 6.56. The van der Waals surface area contributed by atoms with Crippen molar-refractivity contribution in [2.75, 3.05) is 32.1 Å². The average Bonchev–Trinajstić information content (AvgIpc) is 3.31. The Morgan fingerprint density at radius 2 is 1.64 bits per heavy atom. The van der Waals surface area contributed by atoms with E-state index in [0.717, 1.165) is 40.9 Å². The van der Waals surface area contributed by atoms with Crippen molar-refractivity contribution in [3.05, 3.63) is 47.5 Å². The van der Waals surface area contributed by atoms with Gasteiger partial charge in [0.05, 0.1) is 4.90 Å². The van der Waals surface area contributed by atoms with Crippen molar-refractivity contribution >= 4 is 26.6 Å². The predicted molar refractivity (Wildman–Crippen MR) is 116 cm³/mol. The van der Waals surface area contributed by atoms with Crippen molar-refractivity contribution in [3.8, 4) is 11.3 Å². The molecule has 1 saturated heterocycles. The van der Waals surface area contributed by atoms with Crippen LogP contribution in [0.5, 0.6) is 0 Å². The molecule has 0 bridgehead atoms. The van der Waals surface area contributed by atoms with E-state index in [-0.39, 0.29) is 0 Å². The second-order valence-electron chi connectivity index (χ2n) is 7.87. The Labute approximate surface area is 167 Å². The number of anilines is 1. The van der Waals surface area contributed by atoms with Gasteiger partial charge < -0.3 is 9.88 Å². The number of hydrogen-bond acceptors (Lipinski definition) is 3. The van der Waals surface area contributed by atoms with Gasteiger partial charge in [0.2, 0.25) is 10.0 Å². The van der Waals surface area contributed by atoms with Gasteiger partial charge in [-0.1, -0.05) is 0 Å². The molecule has 1 N–H and O–H groups in total. The van der Waals surface area contributed by atoms with Crippen LogP contribution in [0.25, 0.3) is 22.2 Å². The van der Waals surface area contributed by atoms with Gasteiger partial charge >= 0.3 is 0 Å². The fourth-order valence-electron chi connectivity index (χ4n) is 3.88. The summed E-state index contributed by atoms with van der Waals surface area (Å²) in [7, 11) is -0.356. The summed E-state index contributed by atoms with van der Waals surface area (Å²) in [6.07, 6.45) is 2.34. The molecule has 0 spiro atoms. The molecule has 2 aromatic carbocycles. The number of sulfonamides is 1. The minimum absolute atomic E-state index is 0.321. The van der Waals surface area contributed by atoms with Crippen LogP contribution in [0.3, 0.4) is 0 Å². The summed E-state index contributed by atoms with van der Waals surface area (Å²) in [6.45, 7) is 6.23. The number of nitrogens with zero attached hydrogens (tertiary/aromatic N) is 2. The molecule has 0 atom stereocenters. The molecule has 3 aromatic rings. The molecule has 2 heterocycles. The Morgan fingerprint density at radius 3 is 2.32 bits per heavy atom. The van der Waals surface area contributed by atoms with Crippen LogP contribution in [0.4, 0.5) is 5.69 Å².